The third-order valence-corrected chi connectivity index (χ3v) is 5.41. The Balaban J connectivity index is 1.82. The molecule has 0 spiro atoms. The number of hydrogen-bond donors (Lipinski definition) is 1. The molecule has 5 heteroatoms. The number of benzene rings is 2. The molecule has 0 fully saturated rings. The van der Waals surface area contributed by atoms with Crippen molar-refractivity contribution in [3.05, 3.63) is 54.7 Å². The van der Waals surface area contributed by atoms with Crippen LogP contribution in [0.15, 0.2) is 64.0 Å². The summed E-state index contributed by atoms with van der Waals surface area (Å²) in [6.45, 7) is 0. The normalized spacial score (nSPS) is 11.2. The minimum absolute atomic E-state index is 0.708. The van der Waals surface area contributed by atoms with Crippen LogP contribution in [0.3, 0.4) is 0 Å². The van der Waals surface area contributed by atoms with E-state index in [1.165, 1.54) is 4.70 Å². The molecule has 2 N–H and O–H groups in total. The molecular formula is C16H11N3S2. The number of anilines is 1. The van der Waals surface area contributed by atoms with Crippen LogP contribution in [0, 0.1) is 0 Å². The van der Waals surface area contributed by atoms with Crippen molar-refractivity contribution in [1.82, 2.24) is 9.97 Å². The van der Waals surface area contributed by atoms with Crippen LogP contribution in [0.2, 0.25) is 0 Å². The molecule has 0 bridgehead atoms. The number of para-hydroxylation sites is 1. The molecular weight excluding hydrogens is 298 g/mol. The summed E-state index contributed by atoms with van der Waals surface area (Å²) in [5.41, 5.74) is 8.60. The summed E-state index contributed by atoms with van der Waals surface area (Å²) >= 11 is 3.37. The van der Waals surface area contributed by atoms with Crippen molar-refractivity contribution in [3.8, 4) is 0 Å². The first-order valence-electron chi connectivity index (χ1n) is 6.48. The van der Waals surface area contributed by atoms with Crippen molar-refractivity contribution in [2.24, 2.45) is 0 Å². The Morgan fingerprint density at radius 1 is 1.00 bits per heavy atom. The minimum atomic E-state index is 0.708. The van der Waals surface area contributed by atoms with E-state index in [2.05, 4.69) is 16.0 Å². The van der Waals surface area contributed by atoms with Gasteiger partial charge in [-0.3, -0.25) is 4.98 Å². The second-order valence-electron chi connectivity index (χ2n) is 4.60. The first-order chi connectivity index (χ1) is 10.3. The van der Waals surface area contributed by atoms with E-state index in [4.69, 9.17) is 5.73 Å². The lowest BCUT2D eigenvalue weighted by atomic mass is 10.2. The molecule has 0 radical (unpaired) electrons. The molecule has 0 amide bonds. The van der Waals surface area contributed by atoms with Crippen LogP contribution < -0.4 is 5.73 Å². The fourth-order valence-corrected chi connectivity index (χ4v) is 4.39. The smallest absolute Gasteiger partial charge is 0.155 e. The van der Waals surface area contributed by atoms with E-state index in [-0.39, 0.29) is 0 Å². The highest BCUT2D eigenvalue weighted by Crippen LogP contribution is 2.38. The summed E-state index contributed by atoms with van der Waals surface area (Å²) in [5.74, 6) is 0. The fraction of sp³-hybridized carbons (Fsp3) is 0. The Morgan fingerprint density at radius 2 is 1.90 bits per heavy atom. The molecule has 0 aliphatic rings. The van der Waals surface area contributed by atoms with Crippen LogP contribution in [-0.2, 0) is 0 Å². The van der Waals surface area contributed by atoms with Gasteiger partial charge in [0.25, 0.3) is 0 Å². The van der Waals surface area contributed by atoms with Gasteiger partial charge in [0.1, 0.15) is 0 Å². The summed E-state index contributed by atoms with van der Waals surface area (Å²) in [6, 6.07) is 16.1. The largest absolute Gasteiger partial charge is 0.397 e. The van der Waals surface area contributed by atoms with E-state index in [0.717, 1.165) is 25.7 Å². The highest BCUT2D eigenvalue weighted by molar-refractivity contribution is 8.01. The molecule has 102 valence electrons. The Hall–Kier alpha value is -2.11. The summed E-state index contributed by atoms with van der Waals surface area (Å²) in [6.07, 6.45) is 1.77. The summed E-state index contributed by atoms with van der Waals surface area (Å²) < 4.78 is 2.24. The monoisotopic (exact) mass is 309 g/mol. The van der Waals surface area contributed by atoms with Gasteiger partial charge in [-0.05, 0) is 30.3 Å². The number of nitrogens with two attached hydrogens (primary N) is 1. The van der Waals surface area contributed by atoms with E-state index in [0.29, 0.717) is 5.69 Å². The van der Waals surface area contributed by atoms with Crippen LogP contribution in [0.5, 0.6) is 0 Å². The Kier molecular flexibility index (Phi) is 3.02. The number of thiazole rings is 1. The number of nitrogens with zero attached hydrogens (tertiary/aromatic N) is 2. The van der Waals surface area contributed by atoms with Crippen molar-refractivity contribution < 1.29 is 0 Å². The van der Waals surface area contributed by atoms with Gasteiger partial charge in [-0.2, -0.15) is 0 Å². The number of pyridine rings is 1. The molecule has 4 aromatic rings. The quantitative estimate of drug-likeness (QED) is 0.551. The molecule has 0 saturated heterocycles. The first-order valence-corrected chi connectivity index (χ1v) is 8.11. The molecule has 21 heavy (non-hydrogen) atoms. The zero-order chi connectivity index (χ0) is 14.2. The third kappa shape index (κ3) is 2.24. The molecule has 2 aromatic heterocycles. The summed E-state index contributed by atoms with van der Waals surface area (Å²) in [5, 5.41) is 1.07. The maximum atomic E-state index is 5.99. The molecule has 4 rings (SSSR count). The standard InChI is InChI=1S/C16H11N3S2/c17-11-7-8-13(10-4-3-9-18-15(10)11)20-16-19-12-5-1-2-6-14(12)21-16/h1-9H,17H2. The minimum Gasteiger partial charge on any atom is -0.397 e. The molecule has 0 saturated carbocycles. The van der Waals surface area contributed by atoms with E-state index < -0.39 is 0 Å². The van der Waals surface area contributed by atoms with Gasteiger partial charge in [-0.15, -0.1) is 11.3 Å². The lowest BCUT2D eigenvalue weighted by Crippen LogP contribution is -1.90. The zero-order valence-electron chi connectivity index (χ0n) is 11.0. The van der Waals surface area contributed by atoms with Gasteiger partial charge in [0.05, 0.1) is 21.4 Å². The van der Waals surface area contributed by atoms with Crippen LogP contribution in [0.25, 0.3) is 21.1 Å². The van der Waals surface area contributed by atoms with Gasteiger partial charge < -0.3 is 5.73 Å². The predicted octanol–water partition coefficient (Wildman–Crippen LogP) is 4.58. The zero-order valence-corrected chi connectivity index (χ0v) is 12.6. The second-order valence-corrected chi connectivity index (χ2v) is 6.92. The third-order valence-electron chi connectivity index (χ3n) is 3.23. The molecule has 0 unspecified atom stereocenters. The Bertz CT molecular complexity index is 913. The van der Waals surface area contributed by atoms with Gasteiger partial charge in [-0.25, -0.2) is 4.98 Å². The van der Waals surface area contributed by atoms with Crippen LogP contribution in [-0.4, -0.2) is 9.97 Å². The van der Waals surface area contributed by atoms with Crippen LogP contribution in [0.1, 0.15) is 0 Å². The maximum Gasteiger partial charge on any atom is 0.155 e. The Labute approximate surface area is 129 Å². The maximum absolute atomic E-state index is 5.99. The molecule has 0 aliphatic heterocycles. The van der Waals surface area contributed by atoms with E-state index in [1.54, 1.807) is 29.3 Å². The highest BCUT2D eigenvalue weighted by atomic mass is 32.2. The van der Waals surface area contributed by atoms with Crippen molar-refractivity contribution in [3.63, 3.8) is 0 Å². The van der Waals surface area contributed by atoms with Gasteiger partial charge in [0.2, 0.25) is 0 Å². The predicted molar refractivity (Wildman–Crippen MR) is 89.9 cm³/mol. The average Bonchev–Trinajstić information content (AvgIpc) is 2.93. The van der Waals surface area contributed by atoms with Crippen LogP contribution >= 0.6 is 23.1 Å². The average molecular weight is 309 g/mol. The van der Waals surface area contributed by atoms with Crippen LogP contribution in [0.4, 0.5) is 5.69 Å². The highest BCUT2D eigenvalue weighted by Gasteiger charge is 2.09. The lowest BCUT2D eigenvalue weighted by molar-refractivity contribution is 1.30. The van der Waals surface area contributed by atoms with Crippen molar-refractivity contribution in [2.75, 3.05) is 5.73 Å². The van der Waals surface area contributed by atoms with Gasteiger partial charge in [0.15, 0.2) is 4.34 Å². The molecule has 3 nitrogen and oxygen atoms in total. The second kappa shape index (κ2) is 5.02. The van der Waals surface area contributed by atoms with Crippen molar-refractivity contribution >= 4 is 49.9 Å². The first kappa shape index (κ1) is 12.6. The van der Waals surface area contributed by atoms with Gasteiger partial charge in [0, 0.05) is 16.5 Å². The number of aromatic nitrogens is 2. The molecule has 0 atom stereocenters. The SMILES string of the molecule is Nc1ccc(Sc2nc3ccccc3s2)c2cccnc12. The van der Waals surface area contributed by atoms with Crippen molar-refractivity contribution in [1.29, 1.82) is 0 Å². The topological polar surface area (TPSA) is 51.8 Å². The van der Waals surface area contributed by atoms with Gasteiger partial charge >= 0.3 is 0 Å². The number of rotatable bonds is 2. The number of nitrogen functional groups attached to an aromatic ring is 1. The number of fused-ring (bicyclic) bond motifs is 2. The van der Waals surface area contributed by atoms with E-state index in [9.17, 15) is 0 Å². The number of hydrogen-bond acceptors (Lipinski definition) is 5. The molecule has 2 aromatic carbocycles. The van der Waals surface area contributed by atoms with E-state index in [1.807, 2.05) is 42.5 Å². The van der Waals surface area contributed by atoms with Gasteiger partial charge in [-0.1, -0.05) is 30.0 Å². The Morgan fingerprint density at radius 3 is 2.81 bits per heavy atom. The lowest BCUT2D eigenvalue weighted by Gasteiger charge is -2.05. The van der Waals surface area contributed by atoms with Crippen molar-refractivity contribution in [2.45, 2.75) is 9.24 Å². The summed E-state index contributed by atoms with van der Waals surface area (Å²) in [4.78, 5) is 10.2. The van der Waals surface area contributed by atoms with E-state index >= 15 is 0 Å². The molecule has 0 aliphatic carbocycles. The molecule has 2 heterocycles. The fourth-order valence-electron chi connectivity index (χ4n) is 2.25. The summed E-state index contributed by atoms with van der Waals surface area (Å²) in [7, 11) is 0.